The first-order valence-electron chi connectivity index (χ1n) is 9.21. The number of carbonyl (C=O) groups is 1. The van der Waals surface area contributed by atoms with Crippen LogP contribution in [0.2, 0.25) is 5.02 Å². The molecular weight excluding hydrogens is 381 g/mol. The van der Waals surface area contributed by atoms with E-state index in [4.69, 9.17) is 16.1 Å². The molecule has 1 heterocycles. The van der Waals surface area contributed by atoms with Crippen molar-refractivity contribution in [2.45, 2.75) is 38.3 Å². The lowest BCUT2D eigenvalue weighted by Gasteiger charge is -2.22. The number of aromatic nitrogens is 2. The van der Waals surface area contributed by atoms with Gasteiger partial charge in [-0.2, -0.15) is 4.98 Å². The quantitative estimate of drug-likeness (QED) is 0.580. The van der Waals surface area contributed by atoms with Crippen molar-refractivity contribution in [2.24, 2.45) is 0 Å². The van der Waals surface area contributed by atoms with Crippen LogP contribution in [0.5, 0.6) is 0 Å². The third-order valence-corrected chi connectivity index (χ3v) is 4.93. The van der Waals surface area contributed by atoms with Crippen LogP contribution in [-0.2, 0) is 17.8 Å². The lowest BCUT2D eigenvalue weighted by Crippen LogP contribution is -2.32. The van der Waals surface area contributed by atoms with Crippen LogP contribution in [0, 0.1) is 5.82 Å². The average Bonchev–Trinajstić information content (AvgIpc) is 3.42. The Bertz CT molecular complexity index is 970. The highest BCUT2D eigenvalue weighted by atomic mass is 35.5. The number of hydrogen-bond acceptors (Lipinski definition) is 4. The Balaban J connectivity index is 1.38. The molecule has 0 N–H and O–H groups in total. The van der Waals surface area contributed by atoms with Crippen molar-refractivity contribution in [3.05, 3.63) is 70.8 Å². The van der Waals surface area contributed by atoms with Gasteiger partial charge in [-0.3, -0.25) is 4.79 Å². The lowest BCUT2D eigenvalue weighted by molar-refractivity contribution is -0.132. The summed E-state index contributed by atoms with van der Waals surface area (Å²) in [6.07, 6.45) is 2.62. The van der Waals surface area contributed by atoms with Crippen LogP contribution in [0.25, 0.3) is 11.4 Å². The topological polar surface area (TPSA) is 59.2 Å². The normalized spacial score (nSPS) is 13.5. The molecule has 28 heavy (non-hydrogen) atoms. The molecule has 3 aromatic rings. The minimum Gasteiger partial charge on any atom is -0.339 e. The van der Waals surface area contributed by atoms with Crippen molar-refractivity contribution in [2.75, 3.05) is 0 Å². The predicted molar refractivity (Wildman–Crippen MR) is 103 cm³/mol. The monoisotopic (exact) mass is 399 g/mol. The van der Waals surface area contributed by atoms with E-state index >= 15 is 0 Å². The average molecular weight is 400 g/mol. The molecule has 0 radical (unpaired) electrons. The van der Waals surface area contributed by atoms with Gasteiger partial charge in [0.2, 0.25) is 17.6 Å². The van der Waals surface area contributed by atoms with E-state index < -0.39 is 0 Å². The zero-order valence-corrected chi connectivity index (χ0v) is 15.9. The highest BCUT2D eigenvalue weighted by molar-refractivity contribution is 6.30. The van der Waals surface area contributed by atoms with Gasteiger partial charge < -0.3 is 9.42 Å². The Hall–Kier alpha value is -2.73. The molecule has 0 bridgehead atoms. The Kier molecular flexibility index (Phi) is 5.39. The summed E-state index contributed by atoms with van der Waals surface area (Å²) in [5.74, 6) is 0.608. The van der Waals surface area contributed by atoms with E-state index in [1.807, 2.05) is 23.1 Å². The third kappa shape index (κ3) is 4.57. The second-order valence-corrected chi connectivity index (χ2v) is 7.34. The third-order valence-electron chi connectivity index (χ3n) is 4.67. The van der Waals surface area contributed by atoms with Crippen LogP contribution < -0.4 is 0 Å². The molecule has 1 amide bonds. The zero-order chi connectivity index (χ0) is 19.5. The molecule has 0 saturated heterocycles. The molecule has 4 rings (SSSR count). The molecule has 1 aliphatic rings. The van der Waals surface area contributed by atoms with Crippen LogP contribution in [0.4, 0.5) is 4.39 Å². The molecule has 0 spiro atoms. The molecule has 144 valence electrons. The van der Waals surface area contributed by atoms with Crippen LogP contribution >= 0.6 is 11.6 Å². The molecule has 1 saturated carbocycles. The maximum Gasteiger partial charge on any atom is 0.227 e. The van der Waals surface area contributed by atoms with Crippen molar-refractivity contribution in [1.29, 1.82) is 0 Å². The first kappa shape index (κ1) is 18.6. The number of hydrogen-bond donors (Lipinski definition) is 0. The fourth-order valence-corrected chi connectivity index (χ4v) is 3.20. The summed E-state index contributed by atoms with van der Waals surface area (Å²) in [6, 6.07) is 13.8. The number of amides is 1. The molecular formula is C21H19ClFN3O2. The van der Waals surface area contributed by atoms with Crippen molar-refractivity contribution < 1.29 is 13.7 Å². The maximum absolute atomic E-state index is 13.4. The van der Waals surface area contributed by atoms with Crippen LogP contribution in [-0.4, -0.2) is 27.0 Å². The summed E-state index contributed by atoms with van der Waals surface area (Å²) in [5.41, 5.74) is 1.60. The van der Waals surface area contributed by atoms with Gasteiger partial charge in [-0.25, -0.2) is 4.39 Å². The number of benzene rings is 2. The van der Waals surface area contributed by atoms with Gasteiger partial charge in [0.1, 0.15) is 5.82 Å². The Morgan fingerprint density at radius 3 is 2.71 bits per heavy atom. The maximum atomic E-state index is 13.4. The number of aryl methyl sites for hydroxylation is 1. The smallest absolute Gasteiger partial charge is 0.227 e. The first-order valence-corrected chi connectivity index (χ1v) is 9.59. The van der Waals surface area contributed by atoms with Gasteiger partial charge in [0.05, 0.1) is 0 Å². The van der Waals surface area contributed by atoms with E-state index in [2.05, 4.69) is 10.1 Å². The van der Waals surface area contributed by atoms with Gasteiger partial charge in [0.15, 0.2) is 0 Å². The Labute approximate surface area is 167 Å². The second-order valence-electron chi connectivity index (χ2n) is 6.90. The first-order chi connectivity index (χ1) is 13.6. The summed E-state index contributed by atoms with van der Waals surface area (Å²) in [7, 11) is 0. The molecule has 0 aliphatic heterocycles. The fraction of sp³-hybridized carbons (Fsp3) is 0.286. The zero-order valence-electron chi connectivity index (χ0n) is 15.1. The second kappa shape index (κ2) is 8.10. The van der Waals surface area contributed by atoms with Gasteiger partial charge in [-0.15, -0.1) is 0 Å². The minimum absolute atomic E-state index is 0.0120. The van der Waals surface area contributed by atoms with Gasteiger partial charge in [0, 0.05) is 36.0 Å². The highest BCUT2D eigenvalue weighted by Crippen LogP contribution is 2.29. The van der Waals surface area contributed by atoms with Crippen molar-refractivity contribution in [3.63, 3.8) is 0 Å². The van der Waals surface area contributed by atoms with E-state index in [9.17, 15) is 9.18 Å². The lowest BCUT2D eigenvalue weighted by atomic mass is 10.2. The van der Waals surface area contributed by atoms with Gasteiger partial charge in [-0.1, -0.05) is 28.9 Å². The molecule has 2 aromatic carbocycles. The van der Waals surface area contributed by atoms with E-state index in [-0.39, 0.29) is 24.2 Å². The van der Waals surface area contributed by atoms with Gasteiger partial charge in [0.25, 0.3) is 0 Å². The van der Waals surface area contributed by atoms with Gasteiger partial charge in [-0.05, 0) is 54.8 Å². The van der Waals surface area contributed by atoms with E-state index in [0.29, 0.717) is 29.7 Å². The number of halogens is 2. The summed E-state index contributed by atoms with van der Waals surface area (Å²) < 4.78 is 18.7. The number of rotatable bonds is 7. The summed E-state index contributed by atoms with van der Waals surface area (Å²) in [6.45, 7) is 0.418. The van der Waals surface area contributed by atoms with Crippen LogP contribution in [0.15, 0.2) is 53.1 Å². The predicted octanol–water partition coefficient (Wildman–Crippen LogP) is 4.65. The molecule has 1 aromatic heterocycles. The SMILES string of the molecule is O=C(CCc1nc(-c2ccc(Cl)cc2)no1)N(Cc1cccc(F)c1)C1CC1. The number of carbonyl (C=O) groups excluding carboxylic acids is 1. The van der Waals surface area contributed by atoms with E-state index in [0.717, 1.165) is 24.0 Å². The molecule has 1 fully saturated rings. The Morgan fingerprint density at radius 1 is 1.21 bits per heavy atom. The van der Waals surface area contributed by atoms with Gasteiger partial charge >= 0.3 is 0 Å². The van der Waals surface area contributed by atoms with Crippen molar-refractivity contribution in [3.8, 4) is 11.4 Å². The molecule has 5 nitrogen and oxygen atoms in total. The summed E-state index contributed by atoms with van der Waals surface area (Å²) in [4.78, 5) is 18.9. The largest absolute Gasteiger partial charge is 0.339 e. The van der Waals surface area contributed by atoms with Crippen LogP contribution in [0.3, 0.4) is 0 Å². The van der Waals surface area contributed by atoms with Crippen molar-refractivity contribution in [1.82, 2.24) is 15.0 Å². The standard InChI is InChI=1S/C21H19ClFN3O2/c22-16-6-4-15(5-7-16)21-24-19(28-25-21)10-11-20(27)26(18-8-9-18)13-14-2-1-3-17(23)12-14/h1-7,12,18H,8-11,13H2. The van der Waals surface area contributed by atoms with Crippen LogP contribution in [0.1, 0.15) is 30.7 Å². The van der Waals surface area contributed by atoms with E-state index in [1.54, 1.807) is 18.2 Å². The Morgan fingerprint density at radius 2 is 2.00 bits per heavy atom. The minimum atomic E-state index is -0.290. The molecule has 0 atom stereocenters. The fourth-order valence-electron chi connectivity index (χ4n) is 3.07. The highest BCUT2D eigenvalue weighted by Gasteiger charge is 2.32. The number of nitrogens with zero attached hydrogens (tertiary/aromatic N) is 3. The molecule has 1 aliphatic carbocycles. The molecule has 0 unspecified atom stereocenters. The molecule has 7 heteroatoms. The summed E-state index contributed by atoms with van der Waals surface area (Å²) in [5, 5.41) is 4.60. The van der Waals surface area contributed by atoms with E-state index in [1.165, 1.54) is 12.1 Å². The summed E-state index contributed by atoms with van der Waals surface area (Å²) >= 11 is 5.89. The van der Waals surface area contributed by atoms with Crippen molar-refractivity contribution >= 4 is 17.5 Å².